The number of H-pyrrole nitrogens is 1. The fourth-order valence-electron chi connectivity index (χ4n) is 4.60. The number of fused-ring (bicyclic) bond motifs is 1. The molecule has 51 heavy (non-hydrogen) atoms. The predicted octanol–water partition coefficient (Wildman–Crippen LogP) is 3.49. The molecule has 0 amide bonds. The van der Waals surface area contributed by atoms with Crippen LogP contribution in [-0.4, -0.2) is 90.1 Å². The Balaban J connectivity index is 2.16. The van der Waals surface area contributed by atoms with Crippen molar-refractivity contribution in [2.75, 3.05) is 11.9 Å². The van der Waals surface area contributed by atoms with Crippen molar-refractivity contribution < 1.29 is 69.9 Å². The molecule has 1 fully saturated rings. The maximum atomic E-state index is 13.1. The summed E-state index contributed by atoms with van der Waals surface area (Å²) in [4.78, 5) is 86.9. The summed E-state index contributed by atoms with van der Waals surface area (Å²) in [5, 5.41) is 2.60. The van der Waals surface area contributed by atoms with Crippen molar-refractivity contribution in [1.29, 1.82) is 0 Å². The van der Waals surface area contributed by atoms with Gasteiger partial charge in [-0.2, -0.15) is 13.6 Å². The van der Waals surface area contributed by atoms with Gasteiger partial charge in [0.1, 0.15) is 18.0 Å². The van der Waals surface area contributed by atoms with E-state index in [0.717, 1.165) is 6.92 Å². The highest BCUT2D eigenvalue weighted by Crippen LogP contribution is 2.66. The minimum absolute atomic E-state index is 0.0293. The first-order valence-electron chi connectivity index (χ1n) is 15.7. The maximum Gasteiger partial charge on any atom is 0.490 e. The van der Waals surface area contributed by atoms with Gasteiger partial charge in [0.15, 0.2) is 31.8 Å². The van der Waals surface area contributed by atoms with Crippen molar-refractivity contribution in [3.8, 4) is 0 Å². The number of Topliss-reactive ketones (excluding diaryl/α,β-unsaturated/α-hetero) is 1. The highest BCUT2D eigenvalue weighted by Gasteiger charge is 2.56. The van der Waals surface area contributed by atoms with Gasteiger partial charge in [-0.15, -0.1) is 0 Å². The first-order valence-corrected chi connectivity index (χ1v) is 23.1. The van der Waals surface area contributed by atoms with Gasteiger partial charge in [-0.1, -0.05) is 34.6 Å². The standard InChI is InChI=1S/C26H46N5O16P3Si/c1-14(2)12-27-25-29-22-18(23(34)30-25)28-13-31(22)24-21(45-51(8,9)26(5,6)7)20(42-17(33)11-10-15(3)32)19(43-24)16(4)44-49(38,39)47-50(40,41)46-48(35,36)37/h13-14,16,19-21,24H,10-12H2,1-9H3,(H,38,39)(H,40,41)(H2,35,36,37)(H2,27,29,30,34)/t16?,19-,20+,21?,24-/m1/s1. The molecule has 2 aromatic rings. The molecule has 290 valence electrons. The van der Waals surface area contributed by atoms with Gasteiger partial charge in [-0.25, -0.2) is 18.7 Å². The zero-order chi connectivity index (χ0) is 38.9. The van der Waals surface area contributed by atoms with Crippen LogP contribution >= 0.6 is 23.5 Å². The van der Waals surface area contributed by atoms with Crippen molar-refractivity contribution in [1.82, 2.24) is 19.5 Å². The monoisotopic (exact) mass is 805 g/mol. The van der Waals surface area contributed by atoms with E-state index in [-0.39, 0.29) is 41.7 Å². The van der Waals surface area contributed by atoms with Crippen molar-refractivity contribution in [2.24, 2.45) is 5.92 Å². The quantitative estimate of drug-likeness (QED) is 0.0757. The normalized spacial score (nSPS) is 23.2. The highest BCUT2D eigenvalue weighted by molar-refractivity contribution is 7.66. The number of carbonyl (C=O) groups excluding carboxylic acids is 2. The van der Waals surface area contributed by atoms with Gasteiger partial charge < -0.3 is 43.6 Å². The van der Waals surface area contributed by atoms with Gasteiger partial charge in [0, 0.05) is 13.0 Å². The molecule has 2 aromatic heterocycles. The zero-order valence-electron chi connectivity index (χ0n) is 29.5. The van der Waals surface area contributed by atoms with Crippen LogP contribution in [0, 0.1) is 5.92 Å². The first kappa shape index (κ1) is 43.2. The van der Waals surface area contributed by atoms with Crippen LogP contribution < -0.4 is 10.9 Å². The number of carbonyl (C=O) groups is 2. The number of ether oxygens (including phenoxy) is 2. The number of phosphoric acid groups is 3. The minimum Gasteiger partial charge on any atom is -0.457 e. The lowest BCUT2D eigenvalue weighted by Gasteiger charge is -2.40. The lowest BCUT2D eigenvalue weighted by molar-refractivity contribution is -0.158. The Hall–Kier alpha value is -2.16. The largest absolute Gasteiger partial charge is 0.490 e. The van der Waals surface area contributed by atoms with Crippen LogP contribution in [-0.2, 0) is 50.3 Å². The molecule has 3 heterocycles. The SMILES string of the molecule is CC(=O)CCC(=O)O[C@@H]1C(O[Si](C)(C)C(C)(C)C)[C@H](n2cnc3c(=O)[nH]c(NCC(C)C)nc32)O[C@@H]1C(C)OP(=O)(O)OP(=O)(O)OP(=O)(O)O. The molecule has 1 aliphatic heterocycles. The van der Waals surface area contributed by atoms with E-state index < -0.39 is 79.0 Å². The summed E-state index contributed by atoms with van der Waals surface area (Å²) in [6.45, 7) is 16.4. The number of imidazole rings is 1. The van der Waals surface area contributed by atoms with Crippen LogP contribution in [0.5, 0.6) is 0 Å². The molecule has 0 saturated carbocycles. The molecule has 0 bridgehead atoms. The van der Waals surface area contributed by atoms with E-state index >= 15 is 0 Å². The molecular formula is C26H46N5O16P3Si. The Bertz CT molecular complexity index is 1790. The lowest BCUT2D eigenvalue weighted by Crippen LogP contribution is -2.50. The number of hydrogen-bond donors (Lipinski definition) is 6. The third-order valence-electron chi connectivity index (χ3n) is 7.97. The van der Waals surface area contributed by atoms with Gasteiger partial charge in [0.25, 0.3) is 5.56 Å². The smallest absolute Gasteiger partial charge is 0.457 e. The number of phosphoric ester groups is 1. The fraction of sp³-hybridized carbons (Fsp3) is 0.731. The molecule has 6 N–H and O–H groups in total. The van der Waals surface area contributed by atoms with E-state index in [4.69, 9.17) is 28.2 Å². The Morgan fingerprint density at radius 1 is 1.06 bits per heavy atom. The summed E-state index contributed by atoms with van der Waals surface area (Å²) < 4.78 is 69.0. The van der Waals surface area contributed by atoms with E-state index in [0.29, 0.717) is 6.54 Å². The topological polar surface area (TPSA) is 297 Å². The first-order chi connectivity index (χ1) is 23.1. The second-order valence-corrected chi connectivity index (χ2v) is 23.0. The van der Waals surface area contributed by atoms with Crippen LogP contribution in [0.4, 0.5) is 5.95 Å². The molecule has 0 spiro atoms. The van der Waals surface area contributed by atoms with Gasteiger partial charge in [-0.05, 0) is 37.9 Å². The fourth-order valence-corrected chi connectivity index (χ4v) is 9.08. The molecule has 7 atom stereocenters. The van der Waals surface area contributed by atoms with Crippen molar-refractivity contribution >= 4 is 60.7 Å². The highest BCUT2D eigenvalue weighted by atomic mass is 31.3. The molecule has 0 radical (unpaired) electrons. The second kappa shape index (κ2) is 16.1. The van der Waals surface area contributed by atoms with Gasteiger partial charge in [0.2, 0.25) is 5.95 Å². The molecule has 0 aromatic carbocycles. The van der Waals surface area contributed by atoms with E-state index in [2.05, 4.69) is 28.9 Å². The van der Waals surface area contributed by atoms with Gasteiger partial charge in [0.05, 0.1) is 18.9 Å². The predicted molar refractivity (Wildman–Crippen MR) is 182 cm³/mol. The Morgan fingerprint density at radius 3 is 2.24 bits per heavy atom. The van der Waals surface area contributed by atoms with Gasteiger partial charge in [-0.3, -0.25) is 23.7 Å². The summed E-state index contributed by atoms with van der Waals surface area (Å²) in [5.74, 6) is -0.870. The third-order valence-corrected chi connectivity index (χ3v) is 16.4. The Labute approximate surface area is 294 Å². The van der Waals surface area contributed by atoms with E-state index in [1.165, 1.54) is 17.8 Å². The van der Waals surface area contributed by atoms with Crippen LogP contribution in [0.15, 0.2) is 11.1 Å². The number of nitrogens with zero attached hydrogens (tertiary/aromatic N) is 3. The second-order valence-electron chi connectivity index (χ2n) is 13.9. The van der Waals surface area contributed by atoms with Crippen molar-refractivity contribution in [3.05, 3.63) is 16.7 Å². The van der Waals surface area contributed by atoms with Crippen LogP contribution in [0.2, 0.25) is 18.1 Å². The van der Waals surface area contributed by atoms with E-state index in [1.54, 1.807) is 0 Å². The summed E-state index contributed by atoms with van der Waals surface area (Å²) in [5.41, 5.74) is -0.643. The molecule has 1 aliphatic rings. The third kappa shape index (κ3) is 11.9. The van der Waals surface area contributed by atoms with Gasteiger partial charge >= 0.3 is 29.4 Å². The van der Waals surface area contributed by atoms with Crippen LogP contribution in [0.25, 0.3) is 11.2 Å². The summed E-state index contributed by atoms with van der Waals surface area (Å²) in [6.07, 6.45) is -6.49. The number of hydrogen-bond acceptors (Lipinski definition) is 15. The number of esters is 1. The average Bonchev–Trinajstić information content (AvgIpc) is 3.49. The molecule has 25 heteroatoms. The Morgan fingerprint density at radius 2 is 1.69 bits per heavy atom. The van der Waals surface area contributed by atoms with Crippen molar-refractivity contribution in [2.45, 2.75) is 110 Å². The molecule has 0 aliphatic carbocycles. The van der Waals surface area contributed by atoms with Crippen LogP contribution in [0.3, 0.4) is 0 Å². The number of nitrogens with one attached hydrogen (secondary N) is 2. The van der Waals surface area contributed by atoms with E-state index in [1.807, 2.05) is 47.7 Å². The Kier molecular flexibility index (Phi) is 13.6. The summed E-state index contributed by atoms with van der Waals surface area (Å²) in [7, 11) is -20.1. The molecule has 1 saturated heterocycles. The van der Waals surface area contributed by atoms with Crippen molar-refractivity contribution in [3.63, 3.8) is 0 Å². The molecular weight excluding hydrogens is 759 g/mol. The number of ketones is 1. The van der Waals surface area contributed by atoms with E-state index in [9.17, 15) is 37.9 Å². The number of rotatable bonds is 17. The zero-order valence-corrected chi connectivity index (χ0v) is 33.2. The molecule has 21 nitrogen and oxygen atoms in total. The van der Waals surface area contributed by atoms with Crippen LogP contribution in [0.1, 0.15) is 67.5 Å². The summed E-state index contributed by atoms with van der Waals surface area (Å²) in [6, 6.07) is 0. The number of aromatic amines is 1. The molecule has 4 unspecified atom stereocenters. The number of anilines is 1. The number of aromatic nitrogens is 4. The lowest BCUT2D eigenvalue weighted by atomic mass is 10.1. The average molecular weight is 806 g/mol. The maximum absolute atomic E-state index is 13.1. The molecule has 3 rings (SSSR count). The minimum atomic E-state index is -5.88. The summed E-state index contributed by atoms with van der Waals surface area (Å²) >= 11 is 0.